The van der Waals surface area contributed by atoms with Crippen LogP contribution in [0.25, 0.3) is 55.6 Å². The lowest BCUT2D eigenvalue weighted by molar-refractivity contribution is 0.752. The minimum atomic E-state index is -0.566. The number of fused-ring (bicyclic) bond motifs is 9. The molecule has 0 amide bonds. The van der Waals surface area contributed by atoms with Gasteiger partial charge in [-0.25, -0.2) is 0 Å². The van der Waals surface area contributed by atoms with E-state index in [1.165, 1.54) is 89.3 Å². The second-order valence-corrected chi connectivity index (χ2v) is 18.0. The van der Waals surface area contributed by atoms with Crippen LogP contribution in [0.4, 0.5) is 34.1 Å². The lowest BCUT2D eigenvalue weighted by Gasteiger charge is -2.45. The normalized spacial score (nSPS) is 12.7. The van der Waals surface area contributed by atoms with Crippen molar-refractivity contribution in [3.63, 3.8) is 0 Å². The van der Waals surface area contributed by atoms with Gasteiger partial charge in [-0.1, -0.05) is 224 Å². The van der Waals surface area contributed by atoms with Crippen molar-refractivity contribution in [3.05, 3.63) is 301 Å². The van der Waals surface area contributed by atoms with Gasteiger partial charge >= 0.3 is 0 Å². The van der Waals surface area contributed by atoms with E-state index >= 15 is 0 Å². The molecule has 0 saturated carbocycles. The zero-order valence-electron chi connectivity index (χ0n) is 38.0. The summed E-state index contributed by atoms with van der Waals surface area (Å²) < 4.78 is 0. The van der Waals surface area contributed by atoms with E-state index in [0.717, 1.165) is 22.7 Å². The molecule has 2 heteroatoms. The van der Waals surface area contributed by atoms with Crippen LogP contribution in [0.15, 0.2) is 279 Å². The Kier molecular flexibility index (Phi) is 9.77. The third-order valence-electron chi connectivity index (χ3n) is 14.3. The fourth-order valence-electron chi connectivity index (χ4n) is 11.2. The standard InChI is InChI=1S/C67H46N2/c1-4-17-47(18-5-1)49-31-33-50(34-32-49)51-35-37-52(38-36-51)54-41-45-57(46-42-54)68(56-43-39-53(40-44-56)48-19-6-2-7-20-48)65-30-16-27-62-66(65)58-23-10-11-24-59(58)67(62)60-25-12-14-28-63(60)69(55-21-8-3-9-22-55)64-29-15-13-26-61(64)67/h1-46H. The molecule has 0 atom stereocenters. The molecule has 0 aromatic heterocycles. The number of anilines is 6. The predicted molar refractivity (Wildman–Crippen MR) is 288 cm³/mol. The van der Waals surface area contributed by atoms with Gasteiger partial charge in [0.1, 0.15) is 0 Å². The van der Waals surface area contributed by atoms with Gasteiger partial charge in [0.05, 0.1) is 22.5 Å². The molecule has 0 unspecified atom stereocenters. The second-order valence-electron chi connectivity index (χ2n) is 18.0. The zero-order valence-corrected chi connectivity index (χ0v) is 38.0. The quantitative estimate of drug-likeness (QED) is 0.150. The van der Waals surface area contributed by atoms with Gasteiger partial charge in [0, 0.05) is 22.6 Å². The number of nitrogens with zero attached hydrogens (tertiary/aromatic N) is 2. The fraction of sp³-hybridized carbons (Fsp3) is 0.0149. The molecule has 0 N–H and O–H groups in total. The van der Waals surface area contributed by atoms with Gasteiger partial charge in [-0.2, -0.15) is 0 Å². The average molecular weight is 879 g/mol. The Bertz CT molecular complexity index is 3570. The summed E-state index contributed by atoms with van der Waals surface area (Å²) in [5.41, 5.74) is 23.5. The van der Waals surface area contributed by atoms with Gasteiger partial charge in [0.25, 0.3) is 0 Å². The highest BCUT2D eigenvalue weighted by Gasteiger charge is 2.52. The van der Waals surface area contributed by atoms with Gasteiger partial charge in [-0.05, 0) is 127 Å². The number of benzene rings is 11. The van der Waals surface area contributed by atoms with Crippen LogP contribution in [0.1, 0.15) is 22.3 Å². The van der Waals surface area contributed by atoms with Crippen LogP contribution in [-0.4, -0.2) is 0 Å². The van der Waals surface area contributed by atoms with Crippen LogP contribution >= 0.6 is 0 Å². The topological polar surface area (TPSA) is 6.48 Å². The maximum Gasteiger partial charge on any atom is 0.0755 e. The molecule has 2 nitrogen and oxygen atoms in total. The smallest absolute Gasteiger partial charge is 0.0755 e. The molecule has 11 aromatic rings. The molecular formula is C67H46N2. The molecule has 11 aromatic carbocycles. The van der Waals surface area contributed by atoms with Gasteiger partial charge in [0.2, 0.25) is 0 Å². The van der Waals surface area contributed by atoms with Crippen molar-refractivity contribution in [2.45, 2.75) is 5.41 Å². The molecule has 0 fully saturated rings. The van der Waals surface area contributed by atoms with Crippen LogP contribution in [-0.2, 0) is 5.41 Å². The highest BCUT2D eigenvalue weighted by Crippen LogP contribution is 2.65. The Hall–Kier alpha value is -8.98. The highest BCUT2D eigenvalue weighted by atomic mass is 15.2. The first kappa shape index (κ1) is 40.3. The molecule has 1 aliphatic heterocycles. The molecule has 0 bridgehead atoms. The Morgan fingerprint density at radius 3 is 1.07 bits per heavy atom. The molecule has 1 heterocycles. The van der Waals surface area contributed by atoms with Gasteiger partial charge in [0.15, 0.2) is 0 Å². The van der Waals surface area contributed by atoms with Crippen molar-refractivity contribution in [3.8, 4) is 55.6 Å². The molecule has 69 heavy (non-hydrogen) atoms. The average Bonchev–Trinajstić information content (AvgIpc) is 3.73. The zero-order chi connectivity index (χ0) is 45.7. The summed E-state index contributed by atoms with van der Waals surface area (Å²) in [4.78, 5) is 4.91. The van der Waals surface area contributed by atoms with Crippen LogP contribution in [0.3, 0.4) is 0 Å². The van der Waals surface area contributed by atoms with Crippen molar-refractivity contribution in [1.29, 1.82) is 0 Å². The highest BCUT2D eigenvalue weighted by molar-refractivity contribution is 6.01. The van der Waals surface area contributed by atoms with E-state index < -0.39 is 5.41 Å². The van der Waals surface area contributed by atoms with Gasteiger partial charge in [-0.15, -0.1) is 0 Å². The van der Waals surface area contributed by atoms with E-state index in [-0.39, 0.29) is 0 Å². The summed E-state index contributed by atoms with van der Waals surface area (Å²) in [5, 5.41) is 0. The first-order chi connectivity index (χ1) is 34.2. The van der Waals surface area contributed by atoms with E-state index in [2.05, 4.69) is 289 Å². The lowest BCUT2D eigenvalue weighted by atomic mass is 9.64. The first-order valence-electron chi connectivity index (χ1n) is 23.8. The van der Waals surface area contributed by atoms with Crippen LogP contribution in [0, 0.1) is 0 Å². The van der Waals surface area contributed by atoms with E-state index in [9.17, 15) is 0 Å². The maximum atomic E-state index is 2.46. The number of rotatable bonds is 8. The van der Waals surface area contributed by atoms with Gasteiger partial charge in [-0.3, -0.25) is 0 Å². The Morgan fingerprint density at radius 1 is 0.261 bits per heavy atom. The van der Waals surface area contributed by atoms with Gasteiger partial charge < -0.3 is 9.80 Å². The number of hydrogen-bond acceptors (Lipinski definition) is 2. The van der Waals surface area contributed by atoms with E-state index in [1.807, 2.05) is 0 Å². The van der Waals surface area contributed by atoms with Crippen LogP contribution < -0.4 is 9.80 Å². The largest absolute Gasteiger partial charge is 0.310 e. The number of para-hydroxylation sites is 3. The third kappa shape index (κ3) is 6.64. The Morgan fingerprint density at radius 2 is 0.609 bits per heavy atom. The summed E-state index contributed by atoms with van der Waals surface area (Å²) >= 11 is 0. The third-order valence-corrected chi connectivity index (χ3v) is 14.3. The molecule has 1 spiro atoms. The minimum Gasteiger partial charge on any atom is -0.310 e. The SMILES string of the molecule is c1ccc(-c2ccc(-c3ccc(-c4ccc(N(c5ccc(-c6ccccc6)cc5)c5cccc6c5-c5ccccc5C65c6ccccc6N(c6ccccc6)c6ccccc65)cc4)cc3)cc2)cc1. The van der Waals surface area contributed by atoms with Crippen molar-refractivity contribution >= 4 is 34.1 Å². The monoisotopic (exact) mass is 878 g/mol. The lowest BCUT2D eigenvalue weighted by Crippen LogP contribution is -2.36. The van der Waals surface area contributed by atoms with Crippen LogP contribution in [0.5, 0.6) is 0 Å². The summed E-state index contributed by atoms with van der Waals surface area (Å²) in [5.74, 6) is 0. The summed E-state index contributed by atoms with van der Waals surface area (Å²) in [6, 6.07) is 102. The van der Waals surface area contributed by atoms with Crippen LogP contribution in [0.2, 0.25) is 0 Å². The number of hydrogen-bond donors (Lipinski definition) is 0. The summed E-state index contributed by atoms with van der Waals surface area (Å²) in [6.45, 7) is 0. The van der Waals surface area contributed by atoms with Crippen molar-refractivity contribution < 1.29 is 0 Å². The van der Waals surface area contributed by atoms with Crippen molar-refractivity contribution in [2.75, 3.05) is 9.80 Å². The van der Waals surface area contributed by atoms with Crippen molar-refractivity contribution in [1.82, 2.24) is 0 Å². The molecule has 324 valence electrons. The predicted octanol–water partition coefficient (Wildman–Crippen LogP) is 18.0. The summed E-state index contributed by atoms with van der Waals surface area (Å²) in [6.07, 6.45) is 0. The minimum absolute atomic E-state index is 0.566. The Labute approximate surface area is 404 Å². The molecule has 1 aliphatic carbocycles. The fourth-order valence-corrected chi connectivity index (χ4v) is 11.2. The Balaban J connectivity index is 0.945. The van der Waals surface area contributed by atoms with E-state index in [1.54, 1.807) is 0 Å². The molecular weight excluding hydrogens is 833 g/mol. The van der Waals surface area contributed by atoms with E-state index in [4.69, 9.17) is 0 Å². The van der Waals surface area contributed by atoms with Crippen molar-refractivity contribution in [2.24, 2.45) is 0 Å². The maximum absolute atomic E-state index is 2.46. The second kappa shape index (κ2) is 16.7. The summed E-state index contributed by atoms with van der Waals surface area (Å²) in [7, 11) is 0. The van der Waals surface area contributed by atoms with E-state index in [0.29, 0.717) is 0 Å². The molecule has 2 aliphatic rings. The molecule has 0 radical (unpaired) electrons. The first-order valence-corrected chi connectivity index (χ1v) is 23.8. The molecule has 13 rings (SSSR count). The molecule has 0 saturated heterocycles.